The van der Waals surface area contributed by atoms with Crippen molar-refractivity contribution in [3.63, 3.8) is 0 Å². The lowest BCUT2D eigenvalue weighted by Gasteiger charge is -2.18. The Kier molecular flexibility index (Phi) is 3.29. The number of hydrogen-bond acceptors (Lipinski definition) is 4. The lowest BCUT2D eigenvalue weighted by Crippen LogP contribution is -2.46. The van der Waals surface area contributed by atoms with E-state index in [2.05, 4.69) is 0 Å². The van der Waals surface area contributed by atoms with Crippen molar-refractivity contribution in [2.45, 2.75) is 18.9 Å². The maximum atomic E-state index is 11.8. The first-order chi connectivity index (χ1) is 7.34. The fourth-order valence-corrected chi connectivity index (χ4v) is 1.26. The molecular weight excluding hydrogens is 208 g/mol. The summed E-state index contributed by atoms with van der Waals surface area (Å²) in [5, 5.41) is 8.80. The molecule has 1 rings (SSSR count). The van der Waals surface area contributed by atoms with Gasteiger partial charge in [0.05, 0.1) is 0 Å². The van der Waals surface area contributed by atoms with Crippen molar-refractivity contribution in [2.24, 2.45) is 5.73 Å². The highest BCUT2D eigenvalue weighted by Crippen LogP contribution is 2.17. The molecule has 0 aliphatic carbocycles. The standard InChI is InChI=1S/C11H14N2O3/c1-11(13,10(15)16)6-9(14)7-4-2-3-5-8(7)12/h2-5H,6,12-13H2,1H3,(H,15,16). The number of aliphatic carboxylic acids is 1. The number of carbonyl (C=O) groups excluding carboxylic acids is 1. The Morgan fingerprint density at radius 1 is 1.38 bits per heavy atom. The lowest BCUT2D eigenvalue weighted by atomic mass is 9.93. The third kappa shape index (κ3) is 2.58. The van der Waals surface area contributed by atoms with Crippen LogP contribution < -0.4 is 11.5 Å². The minimum Gasteiger partial charge on any atom is -0.480 e. The van der Waals surface area contributed by atoms with E-state index in [0.717, 1.165) is 0 Å². The molecule has 0 aliphatic heterocycles. The first-order valence-electron chi connectivity index (χ1n) is 4.74. The molecule has 0 spiro atoms. The molecule has 0 radical (unpaired) electrons. The van der Waals surface area contributed by atoms with Gasteiger partial charge in [-0.05, 0) is 19.1 Å². The molecule has 5 heteroatoms. The Balaban J connectivity index is 2.89. The number of ketones is 1. The fourth-order valence-electron chi connectivity index (χ4n) is 1.26. The quantitative estimate of drug-likeness (QED) is 0.512. The van der Waals surface area contributed by atoms with E-state index in [1.165, 1.54) is 6.92 Å². The van der Waals surface area contributed by atoms with Crippen molar-refractivity contribution in [3.05, 3.63) is 29.8 Å². The second-order valence-electron chi connectivity index (χ2n) is 3.91. The molecule has 5 nitrogen and oxygen atoms in total. The topological polar surface area (TPSA) is 106 Å². The van der Waals surface area contributed by atoms with Crippen LogP contribution in [0.4, 0.5) is 5.69 Å². The number of carboxylic acid groups (broad SMARTS) is 1. The summed E-state index contributed by atoms with van der Waals surface area (Å²) >= 11 is 0. The highest BCUT2D eigenvalue weighted by atomic mass is 16.4. The van der Waals surface area contributed by atoms with Gasteiger partial charge in [-0.2, -0.15) is 0 Å². The van der Waals surface area contributed by atoms with Crippen LogP contribution in [0.15, 0.2) is 24.3 Å². The van der Waals surface area contributed by atoms with Crippen molar-refractivity contribution in [1.29, 1.82) is 0 Å². The average molecular weight is 222 g/mol. The summed E-state index contributed by atoms with van der Waals surface area (Å²) in [6.07, 6.45) is -0.281. The van der Waals surface area contributed by atoms with E-state index >= 15 is 0 Å². The van der Waals surface area contributed by atoms with E-state index in [-0.39, 0.29) is 12.2 Å². The highest BCUT2D eigenvalue weighted by molar-refractivity contribution is 6.03. The smallest absolute Gasteiger partial charge is 0.323 e. The third-order valence-corrected chi connectivity index (χ3v) is 2.28. The molecule has 0 aliphatic rings. The molecule has 1 aromatic rings. The van der Waals surface area contributed by atoms with Gasteiger partial charge in [-0.3, -0.25) is 9.59 Å². The van der Waals surface area contributed by atoms with Gasteiger partial charge in [0.1, 0.15) is 5.54 Å². The maximum absolute atomic E-state index is 11.8. The van der Waals surface area contributed by atoms with Gasteiger partial charge in [0.2, 0.25) is 0 Å². The van der Waals surface area contributed by atoms with Crippen molar-refractivity contribution in [2.75, 3.05) is 5.73 Å². The van der Waals surface area contributed by atoms with Crippen LogP contribution >= 0.6 is 0 Å². The molecule has 16 heavy (non-hydrogen) atoms. The van der Waals surface area contributed by atoms with Crippen LogP contribution in [0.2, 0.25) is 0 Å². The summed E-state index contributed by atoms with van der Waals surface area (Å²) in [5.41, 5.74) is 10.2. The van der Waals surface area contributed by atoms with Crippen molar-refractivity contribution < 1.29 is 14.7 Å². The van der Waals surface area contributed by atoms with Gasteiger partial charge in [0, 0.05) is 17.7 Å². The van der Waals surface area contributed by atoms with Crippen LogP contribution in [0.1, 0.15) is 23.7 Å². The van der Waals surface area contributed by atoms with E-state index < -0.39 is 11.5 Å². The van der Waals surface area contributed by atoms with Crippen LogP contribution in [-0.2, 0) is 4.79 Å². The predicted octanol–water partition coefficient (Wildman–Crippen LogP) is 0.644. The zero-order valence-electron chi connectivity index (χ0n) is 8.93. The van der Waals surface area contributed by atoms with E-state index in [1.807, 2.05) is 0 Å². The molecule has 1 aromatic carbocycles. The Morgan fingerprint density at radius 2 is 1.94 bits per heavy atom. The minimum atomic E-state index is -1.57. The zero-order chi connectivity index (χ0) is 12.3. The van der Waals surface area contributed by atoms with E-state index in [4.69, 9.17) is 16.6 Å². The number of hydrogen-bond donors (Lipinski definition) is 3. The van der Waals surface area contributed by atoms with Gasteiger partial charge >= 0.3 is 5.97 Å². The molecule has 0 amide bonds. The van der Waals surface area contributed by atoms with E-state index in [0.29, 0.717) is 11.3 Å². The molecule has 1 unspecified atom stereocenters. The Hall–Kier alpha value is -1.88. The molecule has 0 saturated heterocycles. The van der Waals surface area contributed by atoms with Crippen LogP contribution in [-0.4, -0.2) is 22.4 Å². The van der Waals surface area contributed by atoms with Crippen LogP contribution in [0.25, 0.3) is 0 Å². The van der Waals surface area contributed by atoms with Gasteiger partial charge in [-0.1, -0.05) is 12.1 Å². The molecule has 0 fully saturated rings. The zero-order valence-corrected chi connectivity index (χ0v) is 8.93. The maximum Gasteiger partial charge on any atom is 0.323 e. The lowest BCUT2D eigenvalue weighted by molar-refractivity contribution is -0.142. The molecule has 5 N–H and O–H groups in total. The summed E-state index contributed by atoms with van der Waals surface area (Å²) < 4.78 is 0. The Labute approximate surface area is 93.1 Å². The molecule has 1 atom stereocenters. The molecule has 0 saturated carbocycles. The molecule has 86 valence electrons. The number of Topliss-reactive ketones (excluding diaryl/α,β-unsaturated/α-hetero) is 1. The minimum absolute atomic E-state index is 0.281. The number of carboxylic acids is 1. The SMILES string of the molecule is CC(N)(CC(=O)c1ccccc1N)C(=O)O. The van der Waals surface area contributed by atoms with E-state index in [1.54, 1.807) is 24.3 Å². The number of nitrogens with two attached hydrogens (primary N) is 2. The summed E-state index contributed by atoms with van der Waals surface area (Å²) in [6, 6.07) is 6.50. The molecular formula is C11H14N2O3. The van der Waals surface area contributed by atoms with Crippen LogP contribution in [0.3, 0.4) is 0 Å². The average Bonchev–Trinajstić information content (AvgIpc) is 2.17. The summed E-state index contributed by atoms with van der Waals surface area (Å²) in [4.78, 5) is 22.5. The number of nitrogen functional groups attached to an aromatic ring is 1. The monoisotopic (exact) mass is 222 g/mol. The Morgan fingerprint density at radius 3 is 2.44 bits per heavy atom. The Bertz CT molecular complexity index is 427. The number of benzene rings is 1. The van der Waals surface area contributed by atoms with Crippen molar-refractivity contribution in [1.82, 2.24) is 0 Å². The van der Waals surface area contributed by atoms with Crippen molar-refractivity contribution >= 4 is 17.4 Å². The molecule has 0 aromatic heterocycles. The number of para-hydroxylation sites is 1. The third-order valence-electron chi connectivity index (χ3n) is 2.28. The van der Waals surface area contributed by atoms with Crippen LogP contribution in [0, 0.1) is 0 Å². The van der Waals surface area contributed by atoms with Gasteiger partial charge in [-0.25, -0.2) is 0 Å². The summed E-state index contributed by atoms with van der Waals surface area (Å²) in [6.45, 7) is 1.30. The van der Waals surface area contributed by atoms with Crippen LogP contribution in [0.5, 0.6) is 0 Å². The number of rotatable bonds is 4. The first-order valence-corrected chi connectivity index (χ1v) is 4.74. The summed E-state index contributed by atoms with van der Waals surface area (Å²) in [7, 11) is 0. The largest absolute Gasteiger partial charge is 0.480 e. The number of anilines is 1. The van der Waals surface area contributed by atoms with E-state index in [9.17, 15) is 9.59 Å². The van der Waals surface area contributed by atoms with Gasteiger partial charge in [-0.15, -0.1) is 0 Å². The predicted molar refractivity (Wildman–Crippen MR) is 60.0 cm³/mol. The second kappa shape index (κ2) is 4.32. The van der Waals surface area contributed by atoms with Gasteiger partial charge in [0.15, 0.2) is 5.78 Å². The summed E-state index contributed by atoms with van der Waals surface area (Å²) in [5.74, 6) is -1.58. The van der Waals surface area contributed by atoms with Gasteiger partial charge < -0.3 is 16.6 Å². The second-order valence-corrected chi connectivity index (χ2v) is 3.91. The normalized spacial score (nSPS) is 14.1. The van der Waals surface area contributed by atoms with Gasteiger partial charge in [0.25, 0.3) is 0 Å². The number of carbonyl (C=O) groups is 2. The fraction of sp³-hybridized carbons (Fsp3) is 0.273. The highest BCUT2D eigenvalue weighted by Gasteiger charge is 2.31. The first kappa shape index (κ1) is 12.2. The van der Waals surface area contributed by atoms with Crippen molar-refractivity contribution in [3.8, 4) is 0 Å². The molecule has 0 heterocycles. The molecule has 0 bridgehead atoms.